The van der Waals surface area contributed by atoms with Gasteiger partial charge in [0, 0.05) is 18.7 Å². The summed E-state index contributed by atoms with van der Waals surface area (Å²) in [5.74, 6) is 1.15. The molecular formula is C13H17NO4. The molecule has 1 unspecified atom stereocenters. The molecular weight excluding hydrogens is 234 g/mol. The van der Waals surface area contributed by atoms with Crippen LogP contribution in [-0.4, -0.2) is 40.2 Å². The van der Waals surface area contributed by atoms with Crippen LogP contribution >= 0.6 is 0 Å². The molecule has 0 bridgehead atoms. The molecule has 0 radical (unpaired) electrons. The fourth-order valence-corrected chi connectivity index (χ4v) is 2.06. The van der Waals surface area contributed by atoms with E-state index in [0.29, 0.717) is 30.2 Å². The summed E-state index contributed by atoms with van der Waals surface area (Å²) in [6.07, 6.45) is 0.689. The first-order valence-corrected chi connectivity index (χ1v) is 5.83. The van der Waals surface area contributed by atoms with Crippen LogP contribution in [0, 0.1) is 0 Å². The molecule has 1 aliphatic heterocycles. The zero-order valence-corrected chi connectivity index (χ0v) is 10.6. The summed E-state index contributed by atoms with van der Waals surface area (Å²) < 4.78 is 16.1. The number of hydrogen-bond acceptors (Lipinski definition) is 5. The van der Waals surface area contributed by atoms with Gasteiger partial charge >= 0.3 is 0 Å². The maximum atomic E-state index is 11.2. The van der Waals surface area contributed by atoms with Crippen molar-refractivity contribution >= 4 is 6.29 Å². The van der Waals surface area contributed by atoms with Gasteiger partial charge in [0.2, 0.25) is 0 Å². The number of morpholine rings is 1. The lowest BCUT2D eigenvalue weighted by molar-refractivity contribution is 0.0271. The van der Waals surface area contributed by atoms with Crippen molar-refractivity contribution in [2.24, 2.45) is 0 Å². The van der Waals surface area contributed by atoms with E-state index in [1.54, 1.807) is 26.4 Å². The van der Waals surface area contributed by atoms with Crippen molar-refractivity contribution in [1.29, 1.82) is 0 Å². The van der Waals surface area contributed by atoms with Crippen molar-refractivity contribution < 1.29 is 19.0 Å². The van der Waals surface area contributed by atoms with Crippen molar-refractivity contribution in [1.82, 2.24) is 5.32 Å². The van der Waals surface area contributed by atoms with Crippen LogP contribution in [0.3, 0.4) is 0 Å². The van der Waals surface area contributed by atoms with Crippen LogP contribution < -0.4 is 14.8 Å². The van der Waals surface area contributed by atoms with E-state index < -0.39 is 0 Å². The minimum Gasteiger partial charge on any atom is -0.493 e. The van der Waals surface area contributed by atoms with Crippen molar-refractivity contribution in [3.05, 3.63) is 23.3 Å². The molecule has 5 nitrogen and oxygen atoms in total. The van der Waals surface area contributed by atoms with E-state index >= 15 is 0 Å². The maximum absolute atomic E-state index is 11.2. The standard InChI is InChI=1S/C13H17NO4/c1-16-11-5-9(8-15)10(6-12(11)17-2)13-7-14-3-4-18-13/h5-6,8,13-14H,3-4,7H2,1-2H3. The topological polar surface area (TPSA) is 56.8 Å². The van der Waals surface area contributed by atoms with Gasteiger partial charge in [-0.15, -0.1) is 0 Å². The Labute approximate surface area is 106 Å². The number of hydrogen-bond donors (Lipinski definition) is 1. The van der Waals surface area contributed by atoms with Crippen LogP contribution in [0.15, 0.2) is 12.1 Å². The molecule has 5 heteroatoms. The van der Waals surface area contributed by atoms with E-state index in [1.807, 2.05) is 0 Å². The Morgan fingerprint density at radius 3 is 2.61 bits per heavy atom. The molecule has 1 aromatic rings. The Morgan fingerprint density at radius 1 is 1.33 bits per heavy atom. The quantitative estimate of drug-likeness (QED) is 0.814. The van der Waals surface area contributed by atoms with Gasteiger partial charge < -0.3 is 19.5 Å². The smallest absolute Gasteiger partial charge is 0.161 e. The number of rotatable bonds is 4. The minimum absolute atomic E-state index is 0.126. The van der Waals surface area contributed by atoms with E-state index in [0.717, 1.165) is 18.4 Å². The summed E-state index contributed by atoms with van der Waals surface area (Å²) in [5.41, 5.74) is 1.40. The second-order valence-corrected chi connectivity index (χ2v) is 4.02. The molecule has 1 saturated heterocycles. The monoisotopic (exact) mass is 251 g/mol. The predicted octanol–water partition coefficient (Wildman–Crippen LogP) is 1.18. The van der Waals surface area contributed by atoms with Gasteiger partial charge in [-0.05, 0) is 17.7 Å². The Hall–Kier alpha value is -1.59. The molecule has 1 aliphatic rings. The lowest BCUT2D eigenvalue weighted by Crippen LogP contribution is -2.33. The predicted molar refractivity (Wildman–Crippen MR) is 66.5 cm³/mol. The van der Waals surface area contributed by atoms with Crippen molar-refractivity contribution in [3.63, 3.8) is 0 Å². The Bertz CT molecular complexity index is 427. The lowest BCUT2D eigenvalue weighted by Gasteiger charge is -2.25. The highest BCUT2D eigenvalue weighted by atomic mass is 16.5. The van der Waals surface area contributed by atoms with Gasteiger partial charge in [0.15, 0.2) is 17.8 Å². The Balaban J connectivity index is 2.40. The SMILES string of the molecule is COc1cc(C=O)c(C2CNCCO2)cc1OC. The highest BCUT2D eigenvalue weighted by molar-refractivity contribution is 5.79. The molecule has 1 heterocycles. The maximum Gasteiger partial charge on any atom is 0.161 e. The zero-order valence-electron chi connectivity index (χ0n) is 10.6. The van der Waals surface area contributed by atoms with Gasteiger partial charge in [0.1, 0.15) is 0 Å². The molecule has 0 aromatic heterocycles. The first-order chi connectivity index (χ1) is 8.80. The molecule has 2 rings (SSSR count). The first-order valence-electron chi connectivity index (χ1n) is 5.83. The molecule has 0 spiro atoms. The molecule has 1 atom stereocenters. The summed E-state index contributed by atoms with van der Waals surface area (Å²) >= 11 is 0. The summed E-state index contributed by atoms with van der Waals surface area (Å²) in [7, 11) is 3.12. The third-order valence-electron chi connectivity index (χ3n) is 2.99. The van der Waals surface area contributed by atoms with Crippen LogP contribution in [0.1, 0.15) is 22.0 Å². The number of carbonyl (C=O) groups is 1. The van der Waals surface area contributed by atoms with E-state index in [9.17, 15) is 4.79 Å². The molecule has 18 heavy (non-hydrogen) atoms. The van der Waals surface area contributed by atoms with Gasteiger partial charge in [-0.25, -0.2) is 0 Å². The molecule has 1 fully saturated rings. The van der Waals surface area contributed by atoms with Crippen molar-refractivity contribution in [3.8, 4) is 11.5 Å². The van der Waals surface area contributed by atoms with Crippen LogP contribution in [-0.2, 0) is 4.74 Å². The number of carbonyl (C=O) groups excluding carboxylic acids is 1. The fourth-order valence-electron chi connectivity index (χ4n) is 2.06. The zero-order chi connectivity index (χ0) is 13.0. The van der Waals surface area contributed by atoms with E-state index in [2.05, 4.69) is 5.32 Å². The second-order valence-electron chi connectivity index (χ2n) is 4.02. The van der Waals surface area contributed by atoms with Crippen LogP contribution in [0.4, 0.5) is 0 Å². The molecule has 0 saturated carbocycles. The molecule has 0 amide bonds. The van der Waals surface area contributed by atoms with E-state index in [4.69, 9.17) is 14.2 Å². The summed E-state index contributed by atoms with van der Waals surface area (Å²) in [5, 5.41) is 3.24. The van der Waals surface area contributed by atoms with E-state index in [-0.39, 0.29) is 6.10 Å². The van der Waals surface area contributed by atoms with Crippen LogP contribution in [0.5, 0.6) is 11.5 Å². The number of nitrogens with one attached hydrogen (secondary N) is 1. The van der Waals surface area contributed by atoms with Crippen LogP contribution in [0.2, 0.25) is 0 Å². The number of aldehydes is 1. The number of ether oxygens (including phenoxy) is 3. The lowest BCUT2D eigenvalue weighted by atomic mass is 10.0. The van der Waals surface area contributed by atoms with Gasteiger partial charge in [0.25, 0.3) is 0 Å². The van der Waals surface area contributed by atoms with Crippen molar-refractivity contribution in [2.75, 3.05) is 33.9 Å². The second kappa shape index (κ2) is 5.84. The molecule has 1 aromatic carbocycles. The van der Waals surface area contributed by atoms with Gasteiger partial charge in [-0.3, -0.25) is 4.79 Å². The summed E-state index contributed by atoms with van der Waals surface area (Å²) in [6.45, 7) is 2.16. The highest BCUT2D eigenvalue weighted by Gasteiger charge is 2.21. The first kappa shape index (κ1) is 12.9. The fraction of sp³-hybridized carbons (Fsp3) is 0.462. The largest absolute Gasteiger partial charge is 0.493 e. The number of benzene rings is 1. The average molecular weight is 251 g/mol. The minimum atomic E-state index is -0.126. The normalized spacial score (nSPS) is 19.3. The molecule has 98 valence electrons. The highest BCUT2D eigenvalue weighted by Crippen LogP contribution is 2.33. The van der Waals surface area contributed by atoms with E-state index in [1.165, 1.54) is 0 Å². The molecule has 0 aliphatic carbocycles. The third-order valence-corrected chi connectivity index (χ3v) is 2.99. The Morgan fingerprint density at radius 2 is 2.06 bits per heavy atom. The van der Waals surface area contributed by atoms with Gasteiger partial charge in [-0.1, -0.05) is 0 Å². The van der Waals surface area contributed by atoms with Gasteiger partial charge in [0.05, 0.1) is 26.9 Å². The number of methoxy groups -OCH3 is 2. The third kappa shape index (κ3) is 2.47. The molecule has 1 N–H and O–H groups in total. The average Bonchev–Trinajstić information content (AvgIpc) is 2.46. The van der Waals surface area contributed by atoms with Crippen LogP contribution in [0.25, 0.3) is 0 Å². The van der Waals surface area contributed by atoms with Gasteiger partial charge in [-0.2, -0.15) is 0 Å². The van der Waals surface area contributed by atoms with Crippen molar-refractivity contribution in [2.45, 2.75) is 6.10 Å². The Kier molecular flexibility index (Phi) is 4.17. The summed E-state index contributed by atoms with van der Waals surface area (Å²) in [6, 6.07) is 3.49. The summed E-state index contributed by atoms with van der Waals surface area (Å²) in [4.78, 5) is 11.2.